The lowest BCUT2D eigenvalue weighted by molar-refractivity contribution is -0.165. The molecule has 1 aromatic carbocycles. The van der Waals surface area contributed by atoms with Gasteiger partial charge in [0.2, 0.25) is 5.28 Å². The smallest absolute Gasteiger partial charge is 0.303 e. The van der Waals surface area contributed by atoms with Crippen molar-refractivity contribution in [2.75, 3.05) is 5.32 Å². The zero-order valence-corrected chi connectivity index (χ0v) is 23.6. The van der Waals surface area contributed by atoms with E-state index in [1.165, 1.54) is 49.9 Å². The van der Waals surface area contributed by atoms with Crippen LogP contribution in [0.15, 0.2) is 35.1 Å². The molecule has 1 aliphatic heterocycles. The Balaban J connectivity index is 1.55. The normalized spacial score (nSPS) is 20.0. The maximum atomic E-state index is 14.5. The van der Waals surface area contributed by atoms with Gasteiger partial charge in [-0.15, -0.1) is 0 Å². The van der Waals surface area contributed by atoms with Crippen LogP contribution in [0.1, 0.15) is 44.6 Å². The average molecular weight is 623 g/mol. The number of hydrogen-bond donors (Lipinski definition) is 1. The van der Waals surface area contributed by atoms with Gasteiger partial charge in [0, 0.05) is 31.9 Å². The third-order valence-electron chi connectivity index (χ3n) is 5.93. The van der Waals surface area contributed by atoms with E-state index in [2.05, 4.69) is 25.4 Å². The van der Waals surface area contributed by atoms with Gasteiger partial charge in [0.25, 0.3) is 0 Å². The predicted molar refractivity (Wildman–Crippen MR) is 141 cm³/mol. The molecule has 0 spiro atoms. The third kappa shape index (κ3) is 6.12. The molecule has 14 nitrogen and oxygen atoms in total. The first-order chi connectivity index (χ1) is 20.0. The summed E-state index contributed by atoms with van der Waals surface area (Å²) in [6, 6.07) is 5.47. The van der Waals surface area contributed by atoms with Gasteiger partial charge in [0.15, 0.2) is 47.3 Å². The number of benzene rings is 1. The number of ether oxygens (including phenoxy) is 4. The summed E-state index contributed by atoms with van der Waals surface area (Å²) in [7, 11) is 0. The van der Waals surface area contributed by atoms with Crippen LogP contribution < -0.4 is 5.32 Å². The Morgan fingerprint density at radius 3 is 2.48 bits per heavy atom. The fourth-order valence-electron chi connectivity index (χ4n) is 4.32. The highest BCUT2D eigenvalue weighted by Crippen LogP contribution is 2.44. The van der Waals surface area contributed by atoms with Crippen molar-refractivity contribution >= 4 is 63.8 Å². The van der Waals surface area contributed by atoms with E-state index in [4.69, 9.17) is 46.7 Å². The molecule has 1 aliphatic rings. The van der Waals surface area contributed by atoms with Crippen molar-refractivity contribution in [1.29, 1.82) is 0 Å². The van der Waals surface area contributed by atoms with Gasteiger partial charge in [-0.2, -0.15) is 9.97 Å². The Bertz CT molecular complexity index is 1680. The standard InChI is InChI=1S/C25H21Cl2FN6O8/c1-10(35)38-8-14-7-17(42-33-14)19-20(39-11(2)36)21(40-12(3)37)24(41-19)34-9-29-18-22(31-25(27)32-23(18)34)30-16-5-4-13(26)6-15(16)28/h4-7,9,19-21,24H,8H2,1-3H3,(H,30,31,32)/t19-,20-,21-,24-/m1/s1. The molecule has 4 heterocycles. The molecule has 17 heteroatoms. The van der Waals surface area contributed by atoms with Gasteiger partial charge in [-0.25, -0.2) is 9.37 Å². The molecule has 4 atom stereocenters. The van der Waals surface area contributed by atoms with Gasteiger partial charge in [0.1, 0.15) is 18.1 Å². The number of aromatic nitrogens is 5. The summed E-state index contributed by atoms with van der Waals surface area (Å²) in [5, 5.41) is 6.66. The quantitative estimate of drug-likeness (QED) is 0.168. The van der Waals surface area contributed by atoms with E-state index in [1.54, 1.807) is 0 Å². The van der Waals surface area contributed by atoms with Crippen molar-refractivity contribution in [3.8, 4) is 0 Å². The minimum absolute atomic E-state index is 0.0461. The van der Waals surface area contributed by atoms with Crippen LogP contribution in [0.4, 0.5) is 15.9 Å². The molecule has 0 unspecified atom stereocenters. The van der Waals surface area contributed by atoms with Gasteiger partial charge in [0.05, 0.1) is 12.0 Å². The number of nitrogens with one attached hydrogen (secondary N) is 1. The van der Waals surface area contributed by atoms with Crippen LogP contribution in [0, 0.1) is 5.82 Å². The minimum Gasteiger partial charge on any atom is -0.459 e. The molecule has 3 aromatic heterocycles. The van der Waals surface area contributed by atoms with E-state index < -0.39 is 48.3 Å². The summed E-state index contributed by atoms with van der Waals surface area (Å²) in [6.45, 7) is 3.42. The summed E-state index contributed by atoms with van der Waals surface area (Å²) in [5.41, 5.74) is 0.583. The molecule has 0 saturated carbocycles. The summed E-state index contributed by atoms with van der Waals surface area (Å²) in [4.78, 5) is 48.1. The Morgan fingerprint density at radius 1 is 1.05 bits per heavy atom. The molecule has 1 N–H and O–H groups in total. The molecule has 0 aliphatic carbocycles. The Labute approximate surface area is 246 Å². The highest BCUT2D eigenvalue weighted by Gasteiger charge is 2.52. The van der Waals surface area contributed by atoms with Crippen LogP contribution in [0.3, 0.4) is 0 Å². The van der Waals surface area contributed by atoms with E-state index in [9.17, 15) is 18.8 Å². The number of hydrogen-bond acceptors (Lipinski definition) is 13. The molecular formula is C25H21Cl2FN6O8. The van der Waals surface area contributed by atoms with Gasteiger partial charge < -0.3 is 28.8 Å². The highest BCUT2D eigenvalue weighted by molar-refractivity contribution is 6.30. The Morgan fingerprint density at radius 2 is 1.79 bits per heavy atom. The van der Waals surface area contributed by atoms with Crippen LogP contribution in [0.2, 0.25) is 10.3 Å². The maximum absolute atomic E-state index is 14.5. The van der Waals surface area contributed by atoms with E-state index in [0.717, 1.165) is 6.07 Å². The van der Waals surface area contributed by atoms with Crippen molar-refractivity contribution in [2.45, 2.75) is 51.9 Å². The number of anilines is 2. The number of halogens is 3. The molecule has 1 saturated heterocycles. The first-order valence-electron chi connectivity index (χ1n) is 12.2. The first-order valence-corrected chi connectivity index (χ1v) is 13.0. The van der Waals surface area contributed by atoms with Crippen molar-refractivity contribution in [3.63, 3.8) is 0 Å². The van der Waals surface area contributed by atoms with Crippen LogP contribution in [-0.2, 0) is 39.9 Å². The molecule has 1 fully saturated rings. The minimum atomic E-state index is -1.23. The van der Waals surface area contributed by atoms with Crippen molar-refractivity contribution in [1.82, 2.24) is 24.7 Å². The number of fused-ring (bicyclic) bond motifs is 1. The van der Waals surface area contributed by atoms with E-state index in [-0.39, 0.29) is 51.0 Å². The lowest BCUT2D eigenvalue weighted by atomic mass is 10.1. The molecule has 42 heavy (non-hydrogen) atoms. The molecule has 0 amide bonds. The van der Waals surface area contributed by atoms with Gasteiger partial charge in [-0.05, 0) is 29.8 Å². The topological polar surface area (TPSA) is 170 Å². The lowest BCUT2D eigenvalue weighted by Crippen LogP contribution is -2.36. The van der Waals surface area contributed by atoms with Gasteiger partial charge in [-0.1, -0.05) is 16.8 Å². The first kappa shape index (κ1) is 29.2. The lowest BCUT2D eigenvalue weighted by Gasteiger charge is -2.23. The number of imidazole rings is 1. The third-order valence-corrected chi connectivity index (χ3v) is 6.33. The van der Waals surface area contributed by atoms with E-state index >= 15 is 0 Å². The summed E-state index contributed by atoms with van der Waals surface area (Å²) in [6.07, 6.45) is -3.42. The molecule has 0 bridgehead atoms. The zero-order chi connectivity index (χ0) is 30.1. The summed E-state index contributed by atoms with van der Waals surface area (Å²) >= 11 is 12.1. The molecule has 220 valence electrons. The second-order valence-corrected chi connectivity index (χ2v) is 9.79. The van der Waals surface area contributed by atoms with Crippen LogP contribution in [-0.4, -0.2) is 54.8 Å². The van der Waals surface area contributed by atoms with Crippen molar-refractivity contribution in [3.05, 3.63) is 58.2 Å². The van der Waals surface area contributed by atoms with Crippen LogP contribution in [0.25, 0.3) is 11.2 Å². The SMILES string of the molecule is CC(=O)OCc1cc([C@H]2O[C@@H](n3cnc4c(Nc5ccc(Cl)cc5F)nc(Cl)nc43)[C@H](OC(C)=O)[C@@H]2OC(C)=O)on1. The molecule has 5 rings (SSSR count). The monoisotopic (exact) mass is 622 g/mol. The fourth-order valence-corrected chi connectivity index (χ4v) is 4.64. The van der Waals surface area contributed by atoms with Crippen molar-refractivity contribution < 1.29 is 42.2 Å². The number of nitrogens with zero attached hydrogens (tertiary/aromatic N) is 5. The second-order valence-electron chi connectivity index (χ2n) is 9.01. The Kier molecular flexibility index (Phi) is 8.24. The summed E-state index contributed by atoms with van der Waals surface area (Å²) < 4.78 is 43.5. The number of carbonyl (C=O) groups excluding carboxylic acids is 3. The van der Waals surface area contributed by atoms with E-state index in [1.807, 2.05) is 0 Å². The number of carbonyl (C=O) groups is 3. The van der Waals surface area contributed by atoms with Crippen LogP contribution in [0.5, 0.6) is 0 Å². The zero-order valence-electron chi connectivity index (χ0n) is 22.0. The molecule has 4 aromatic rings. The maximum Gasteiger partial charge on any atom is 0.303 e. The molecular weight excluding hydrogens is 602 g/mol. The largest absolute Gasteiger partial charge is 0.459 e. The number of rotatable bonds is 8. The Hall–Kier alpha value is -4.34. The van der Waals surface area contributed by atoms with Gasteiger partial charge in [-0.3, -0.25) is 19.0 Å². The number of esters is 3. The fraction of sp³-hybridized carbons (Fsp3) is 0.320. The summed E-state index contributed by atoms with van der Waals surface area (Å²) in [5.74, 6) is -2.40. The van der Waals surface area contributed by atoms with Crippen LogP contribution >= 0.6 is 23.2 Å². The molecule has 0 radical (unpaired) electrons. The van der Waals surface area contributed by atoms with Crippen molar-refractivity contribution in [2.24, 2.45) is 0 Å². The average Bonchev–Trinajstić information content (AvgIpc) is 3.62. The second kappa shape index (κ2) is 11.9. The highest BCUT2D eigenvalue weighted by atomic mass is 35.5. The predicted octanol–water partition coefficient (Wildman–Crippen LogP) is 4.20. The van der Waals surface area contributed by atoms with Gasteiger partial charge >= 0.3 is 17.9 Å². The van der Waals surface area contributed by atoms with E-state index in [0.29, 0.717) is 0 Å².